The molecule has 0 saturated carbocycles. The molecule has 0 aliphatic rings. The van der Waals surface area contributed by atoms with E-state index >= 15 is 0 Å². The average Bonchev–Trinajstić information content (AvgIpc) is 2.99. The third-order valence-electron chi connectivity index (χ3n) is 3.51. The van der Waals surface area contributed by atoms with Gasteiger partial charge in [-0.3, -0.25) is 0 Å². The molecule has 5 nitrogen and oxygen atoms in total. The van der Waals surface area contributed by atoms with Crippen molar-refractivity contribution in [3.8, 4) is 5.69 Å². The van der Waals surface area contributed by atoms with Crippen molar-refractivity contribution in [3.63, 3.8) is 0 Å². The van der Waals surface area contributed by atoms with Crippen LogP contribution < -0.4 is 5.73 Å². The summed E-state index contributed by atoms with van der Waals surface area (Å²) in [5.74, 6) is -1.24. The molecule has 3 aromatic rings. The van der Waals surface area contributed by atoms with Gasteiger partial charge >= 0.3 is 5.97 Å². The minimum Gasteiger partial charge on any atom is -0.457 e. The fourth-order valence-electron chi connectivity index (χ4n) is 2.36. The molecule has 0 radical (unpaired) electrons. The quantitative estimate of drug-likeness (QED) is 0.590. The molecule has 0 amide bonds. The van der Waals surface area contributed by atoms with Crippen molar-refractivity contribution in [1.29, 1.82) is 0 Å². The molecule has 122 valence electrons. The molecule has 0 aliphatic heterocycles. The molecule has 0 atom stereocenters. The second-order valence-corrected chi connectivity index (χ2v) is 5.38. The molecule has 2 N–H and O–H groups in total. The molecule has 0 aliphatic carbocycles. The van der Waals surface area contributed by atoms with Gasteiger partial charge in [-0.05, 0) is 24.6 Å². The maximum atomic E-state index is 14.4. The Balaban J connectivity index is 1.81. The van der Waals surface area contributed by atoms with E-state index in [1.807, 2.05) is 30.3 Å². The first-order valence-electron chi connectivity index (χ1n) is 7.35. The number of esters is 1. The van der Waals surface area contributed by atoms with E-state index in [1.165, 1.54) is 17.0 Å². The third kappa shape index (κ3) is 3.27. The van der Waals surface area contributed by atoms with Gasteiger partial charge in [-0.2, -0.15) is 0 Å². The minimum atomic E-state index is -0.627. The summed E-state index contributed by atoms with van der Waals surface area (Å²) in [6.45, 7) is 1.91. The lowest BCUT2D eigenvalue weighted by Gasteiger charge is -2.11. The van der Waals surface area contributed by atoms with Crippen molar-refractivity contribution in [2.24, 2.45) is 0 Å². The summed E-state index contributed by atoms with van der Waals surface area (Å²) in [6, 6.07) is 11.8. The zero-order valence-corrected chi connectivity index (χ0v) is 13.1. The molecule has 3 rings (SSSR count). The lowest BCUT2D eigenvalue weighted by Crippen LogP contribution is -2.09. The molecule has 0 bridgehead atoms. The van der Waals surface area contributed by atoms with E-state index in [-0.39, 0.29) is 23.5 Å². The highest BCUT2D eigenvalue weighted by atomic mass is 19.1. The zero-order chi connectivity index (χ0) is 17.1. The van der Waals surface area contributed by atoms with Crippen molar-refractivity contribution < 1.29 is 13.9 Å². The topological polar surface area (TPSA) is 70.1 Å². The van der Waals surface area contributed by atoms with Crippen LogP contribution in [0, 0.1) is 12.7 Å². The Hall–Kier alpha value is -3.15. The van der Waals surface area contributed by atoms with Gasteiger partial charge in [-0.15, -0.1) is 0 Å². The van der Waals surface area contributed by atoms with E-state index in [9.17, 15) is 9.18 Å². The number of ether oxygens (including phenoxy) is 1. The number of halogens is 1. The van der Waals surface area contributed by atoms with Crippen LogP contribution in [0.2, 0.25) is 0 Å². The fraction of sp³-hybridized carbons (Fsp3) is 0.111. The zero-order valence-electron chi connectivity index (χ0n) is 13.1. The lowest BCUT2D eigenvalue weighted by atomic mass is 10.1. The largest absolute Gasteiger partial charge is 0.457 e. The van der Waals surface area contributed by atoms with E-state index in [4.69, 9.17) is 10.5 Å². The number of aromatic nitrogens is 2. The molecule has 24 heavy (non-hydrogen) atoms. The Morgan fingerprint density at radius 2 is 2.04 bits per heavy atom. The highest BCUT2D eigenvalue weighted by Crippen LogP contribution is 2.24. The third-order valence-corrected chi connectivity index (χ3v) is 3.51. The first-order chi connectivity index (χ1) is 11.5. The van der Waals surface area contributed by atoms with E-state index in [0.29, 0.717) is 0 Å². The Kier molecular flexibility index (Phi) is 4.29. The predicted octanol–water partition coefficient (Wildman–Crippen LogP) is 3.26. The lowest BCUT2D eigenvalue weighted by molar-refractivity contribution is 0.0472. The Labute approximate surface area is 138 Å². The summed E-state index contributed by atoms with van der Waals surface area (Å²) in [6.07, 6.45) is 3.12. The number of carbonyl (C=O) groups is 1. The van der Waals surface area contributed by atoms with Crippen molar-refractivity contribution in [1.82, 2.24) is 9.55 Å². The molecule has 6 heteroatoms. The predicted molar refractivity (Wildman–Crippen MR) is 88.2 cm³/mol. The highest BCUT2D eigenvalue weighted by molar-refractivity contribution is 5.91. The monoisotopic (exact) mass is 325 g/mol. The Morgan fingerprint density at radius 3 is 2.67 bits per heavy atom. The summed E-state index contributed by atoms with van der Waals surface area (Å²) in [7, 11) is 0. The number of aryl methyl sites for hydroxylation is 1. The number of nitrogens with two attached hydrogens (primary N) is 1. The second-order valence-electron chi connectivity index (χ2n) is 5.38. The molecule has 0 unspecified atom stereocenters. The number of rotatable bonds is 4. The van der Waals surface area contributed by atoms with Crippen LogP contribution in [0.5, 0.6) is 0 Å². The minimum absolute atomic E-state index is 0.0709. The number of imidazole rings is 1. The first-order valence-corrected chi connectivity index (χ1v) is 7.35. The molecular weight excluding hydrogens is 309 g/mol. The van der Waals surface area contributed by atoms with Crippen molar-refractivity contribution in [2.45, 2.75) is 13.5 Å². The SMILES string of the molecule is Cc1cn(-c2c(N)cc(C(=O)OCc3ccccc3)cc2F)cn1. The van der Waals surface area contributed by atoms with E-state index in [1.54, 1.807) is 13.1 Å². The van der Waals surface area contributed by atoms with Gasteiger partial charge in [0.25, 0.3) is 0 Å². The van der Waals surface area contributed by atoms with Crippen LogP contribution in [0.3, 0.4) is 0 Å². The molecule has 0 saturated heterocycles. The number of carbonyl (C=O) groups excluding carboxylic acids is 1. The molecule has 1 heterocycles. The Bertz CT molecular complexity index is 852. The van der Waals surface area contributed by atoms with E-state index in [0.717, 1.165) is 17.3 Å². The van der Waals surface area contributed by atoms with Crippen molar-refractivity contribution in [3.05, 3.63) is 77.6 Å². The van der Waals surface area contributed by atoms with Crippen LogP contribution in [0.25, 0.3) is 5.69 Å². The number of nitrogen functional groups attached to an aromatic ring is 1. The van der Waals surface area contributed by atoms with Gasteiger partial charge in [0.05, 0.1) is 23.3 Å². The number of anilines is 1. The van der Waals surface area contributed by atoms with Crippen LogP contribution in [0.4, 0.5) is 10.1 Å². The van der Waals surface area contributed by atoms with Gasteiger partial charge < -0.3 is 15.0 Å². The summed E-state index contributed by atoms with van der Waals surface area (Å²) >= 11 is 0. The molecule has 2 aromatic carbocycles. The van der Waals surface area contributed by atoms with Crippen molar-refractivity contribution >= 4 is 11.7 Å². The maximum absolute atomic E-state index is 14.4. The van der Waals surface area contributed by atoms with Crippen molar-refractivity contribution in [2.75, 3.05) is 5.73 Å². The highest BCUT2D eigenvalue weighted by Gasteiger charge is 2.16. The summed E-state index contributed by atoms with van der Waals surface area (Å²) in [5, 5.41) is 0. The Morgan fingerprint density at radius 1 is 1.29 bits per heavy atom. The van der Waals surface area contributed by atoms with Gasteiger partial charge in [0, 0.05) is 6.20 Å². The van der Waals surface area contributed by atoms with Gasteiger partial charge in [0.15, 0.2) is 0 Å². The van der Waals surface area contributed by atoms with Crippen LogP contribution in [0.15, 0.2) is 55.0 Å². The molecule has 0 spiro atoms. The van der Waals surface area contributed by atoms with Crippen LogP contribution in [0.1, 0.15) is 21.6 Å². The summed E-state index contributed by atoms with van der Waals surface area (Å²) < 4.78 is 21.1. The molecule has 0 fully saturated rings. The smallest absolute Gasteiger partial charge is 0.338 e. The van der Waals surface area contributed by atoms with Gasteiger partial charge in [0.2, 0.25) is 0 Å². The number of nitrogens with zero attached hydrogens (tertiary/aromatic N) is 2. The summed E-state index contributed by atoms with van der Waals surface area (Å²) in [5.41, 5.74) is 7.87. The maximum Gasteiger partial charge on any atom is 0.338 e. The van der Waals surface area contributed by atoms with E-state index in [2.05, 4.69) is 4.98 Å². The van der Waals surface area contributed by atoms with E-state index < -0.39 is 11.8 Å². The van der Waals surface area contributed by atoms with Gasteiger partial charge in [-0.1, -0.05) is 30.3 Å². The van der Waals surface area contributed by atoms with Gasteiger partial charge in [-0.25, -0.2) is 14.2 Å². The standard InChI is InChI=1S/C18H16FN3O2/c1-12-9-22(11-21-12)17-15(19)7-14(8-16(17)20)18(23)24-10-13-5-3-2-4-6-13/h2-9,11H,10,20H2,1H3. The average molecular weight is 325 g/mol. The second kappa shape index (κ2) is 6.54. The van der Waals surface area contributed by atoms with Crippen LogP contribution in [-0.4, -0.2) is 15.5 Å². The molecular formula is C18H16FN3O2. The number of hydrogen-bond donors (Lipinski definition) is 1. The number of hydrogen-bond acceptors (Lipinski definition) is 4. The summed E-state index contributed by atoms with van der Waals surface area (Å²) in [4.78, 5) is 16.2. The normalized spacial score (nSPS) is 10.6. The number of benzene rings is 2. The van der Waals surface area contributed by atoms with Crippen LogP contribution >= 0.6 is 0 Å². The molecule has 1 aromatic heterocycles. The fourth-order valence-corrected chi connectivity index (χ4v) is 2.36. The van der Waals surface area contributed by atoms with Gasteiger partial charge in [0.1, 0.15) is 18.1 Å². The van der Waals surface area contributed by atoms with Crippen LogP contribution in [-0.2, 0) is 11.3 Å². The first kappa shape index (κ1) is 15.7.